The number of carbonyl (C=O) groups excluding carboxylic acids is 4. The highest BCUT2D eigenvalue weighted by atomic mass is 32.1. The molecule has 0 saturated carbocycles. The fourth-order valence-corrected chi connectivity index (χ4v) is 2.74. The number of carbonyl (C=O) groups is 4. The summed E-state index contributed by atoms with van der Waals surface area (Å²) in [5.74, 6) is -2.21. The van der Waals surface area contributed by atoms with Gasteiger partial charge < -0.3 is 0 Å². The molecule has 9 heteroatoms. The maximum atomic E-state index is 12.2. The molecule has 5 amide bonds. The minimum Gasteiger partial charge on any atom is -0.297 e. The second-order valence-electron chi connectivity index (χ2n) is 5.74. The van der Waals surface area contributed by atoms with E-state index in [0.29, 0.717) is 0 Å². The summed E-state index contributed by atoms with van der Waals surface area (Å²) in [6, 6.07) is 8.60. The molecule has 0 atom stereocenters. The Balaban J connectivity index is 1.95. The van der Waals surface area contributed by atoms with E-state index in [1.165, 1.54) is 4.90 Å². The number of urea groups is 1. The maximum Gasteiger partial charge on any atom is 0.328 e. The Labute approximate surface area is 159 Å². The molecule has 0 unspecified atom stereocenters. The first kappa shape index (κ1) is 18.2. The molecule has 1 aromatic rings. The molecule has 8 nitrogen and oxygen atoms in total. The lowest BCUT2D eigenvalue weighted by atomic mass is 10.1. The van der Waals surface area contributed by atoms with Crippen LogP contribution < -0.4 is 16.0 Å². The molecule has 0 spiro atoms. The first-order valence-corrected chi connectivity index (χ1v) is 8.24. The van der Waals surface area contributed by atoms with Gasteiger partial charge in [0.25, 0.3) is 17.7 Å². The third-order valence-electron chi connectivity index (χ3n) is 3.69. The van der Waals surface area contributed by atoms with Gasteiger partial charge in [0.05, 0.1) is 0 Å². The Bertz CT molecular complexity index is 941. The Morgan fingerprint density at radius 1 is 0.963 bits per heavy atom. The number of thiocarbonyl (C=S) groups is 1. The first-order chi connectivity index (χ1) is 12.8. The molecule has 136 valence electrons. The second-order valence-corrected chi connectivity index (χ2v) is 6.12. The van der Waals surface area contributed by atoms with E-state index in [1.54, 1.807) is 13.0 Å². The van der Waals surface area contributed by atoms with Crippen molar-refractivity contribution in [3.8, 4) is 0 Å². The van der Waals surface area contributed by atoms with E-state index in [1.807, 2.05) is 47.0 Å². The largest absolute Gasteiger partial charge is 0.328 e. The number of rotatable bonds is 3. The Hall–Kier alpha value is -3.59. The van der Waals surface area contributed by atoms with Crippen molar-refractivity contribution >= 4 is 47.2 Å². The van der Waals surface area contributed by atoms with E-state index in [2.05, 4.69) is 5.32 Å². The van der Waals surface area contributed by atoms with Crippen LogP contribution in [0.3, 0.4) is 0 Å². The molecule has 2 aliphatic heterocycles. The van der Waals surface area contributed by atoms with Crippen molar-refractivity contribution in [1.29, 1.82) is 0 Å². The molecular formula is C18H14N4O4S. The van der Waals surface area contributed by atoms with Crippen LogP contribution in [0.4, 0.5) is 4.79 Å². The summed E-state index contributed by atoms with van der Waals surface area (Å²) in [6.45, 7) is 1.80. The number of amides is 5. The van der Waals surface area contributed by atoms with E-state index < -0.39 is 23.8 Å². The predicted molar refractivity (Wildman–Crippen MR) is 101 cm³/mol. The third-order valence-corrected chi connectivity index (χ3v) is 3.99. The van der Waals surface area contributed by atoms with E-state index >= 15 is 0 Å². The lowest BCUT2D eigenvalue weighted by Gasteiger charge is -2.18. The van der Waals surface area contributed by atoms with Gasteiger partial charge in [-0.2, -0.15) is 0 Å². The highest BCUT2D eigenvalue weighted by Gasteiger charge is 2.33. The van der Waals surface area contributed by atoms with Crippen LogP contribution in [0.5, 0.6) is 0 Å². The van der Waals surface area contributed by atoms with Crippen LogP contribution in [0, 0.1) is 0 Å². The lowest BCUT2D eigenvalue weighted by Crippen LogP contribution is -2.51. The molecule has 0 bridgehead atoms. The molecule has 3 rings (SSSR count). The zero-order valence-corrected chi connectivity index (χ0v) is 14.9. The van der Waals surface area contributed by atoms with Gasteiger partial charge in [0.1, 0.15) is 11.3 Å². The molecule has 2 heterocycles. The smallest absolute Gasteiger partial charge is 0.297 e. The van der Waals surface area contributed by atoms with Gasteiger partial charge in [-0.15, -0.1) is 0 Å². The molecular weight excluding hydrogens is 368 g/mol. The molecule has 27 heavy (non-hydrogen) atoms. The average Bonchev–Trinajstić information content (AvgIpc) is 2.85. The van der Waals surface area contributed by atoms with E-state index in [4.69, 9.17) is 12.2 Å². The normalized spacial score (nSPS) is 19.2. The van der Waals surface area contributed by atoms with Gasteiger partial charge in [-0.1, -0.05) is 36.4 Å². The monoisotopic (exact) mass is 382 g/mol. The Morgan fingerprint density at radius 3 is 2.22 bits per heavy atom. The zero-order valence-electron chi connectivity index (χ0n) is 14.1. The molecule has 2 fully saturated rings. The van der Waals surface area contributed by atoms with Crippen molar-refractivity contribution in [1.82, 2.24) is 20.9 Å². The van der Waals surface area contributed by atoms with Crippen molar-refractivity contribution in [3.63, 3.8) is 0 Å². The number of hydrogen-bond acceptors (Lipinski definition) is 5. The summed E-state index contributed by atoms with van der Waals surface area (Å²) in [5, 5.41) is 6.41. The molecule has 3 N–H and O–H groups in total. The minimum absolute atomic E-state index is 0.0174. The topological polar surface area (TPSA) is 108 Å². The highest BCUT2D eigenvalue weighted by molar-refractivity contribution is 7.80. The van der Waals surface area contributed by atoms with Crippen molar-refractivity contribution in [2.75, 3.05) is 0 Å². The van der Waals surface area contributed by atoms with E-state index in [9.17, 15) is 19.2 Å². The Morgan fingerprint density at radius 2 is 1.59 bits per heavy atom. The molecule has 0 aromatic heterocycles. The fraction of sp³-hybridized carbons (Fsp3) is 0.0556. The number of benzene rings is 1. The van der Waals surface area contributed by atoms with Gasteiger partial charge in [-0.3, -0.25) is 35.2 Å². The van der Waals surface area contributed by atoms with Gasteiger partial charge in [-0.05, 0) is 36.4 Å². The predicted octanol–water partition coefficient (Wildman–Crippen LogP) is 0.940. The van der Waals surface area contributed by atoms with Crippen LogP contribution in [-0.2, 0) is 14.4 Å². The standard InChI is InChI=1S/C18H14N4O4S/c1-10(7-11-5-3-2-4-6-11)8-13-16(25)21-18(27)22(13)9-12-14(23)19-17(26)20-15(12)24/h2-9H,1H3,(H,21,25,27)(H2,19,20,23,24,26)/b10-7+,13-8-. The van der Waals surface area contributed by atoms with Crippen LogP contribution in [0.25, 0.3) is 6.08 Å². The lowest BCUT2D eigenvalue weighted by molar-refractivity contribution is -0.124. The minimum atomic E-state index is -0.905. The summed E-state index contributed by atoms with van der Waals surface area (Å²) in [6.07, 6.45) is 4.58. The van der Waals surface area contributed by atoms with Crippen LogP contribution >= 0.6 is 12.2 Å². The van der Waals surface area contributed by atoms with Crippen molar-refractivity contribution in [2.24, 2.45) is 0 Å². The van der Waals surface area contributed by atoms with Gasteiger partial charge in [-0.25, -0.2) is 4.79 Å². The van der Waals surface area contributed by atoms with Crippen molar-refractivity contribution in [3.05, 3.63) is 65.0 Å². The Kier molecular flexibility index (Phi) is 4.95. The molecule has 0 radical (unpaired) electrons. The van der Waals surface area contributed by atoms with Crippen LogP contribution in [0.2, 0.25) is 0 Å². The summed E-state index contributed by atoms with van der Waals surface area (Å²) >= 11 is 5.10. The van der Waals surface area contributed by atoms with E-state index in [0.717, 1.165) is 17.3 Å². The third kappa shape index (κ3) is 3.98. The van der Waals surface area contributed by atoms with Crippen LogP contribution in [0.1, 0.15) is 12.5 Å². The summed E-state index contributed by atoms with van der Waals surface area (Å²) in [7, 11) is 0. The maximum absolute atomic E-state index is 12.2. The molecule has 1 aromatic carbocycles. The number of barbiturate groups is 1. The second kappa shape index (κ2) is 7.34. The van der Waals surface area contributed by atoms with Crippen LogP contribution in [-0.4, -0.2) is 33.8 Å². The van der Waals surface area contributed by atoms with Gasteiger partial charge >= 0.3 is 6.03 Å². The molecule has 2 saturated heterocycles. The number of allylic oxidation sites excluding steroid dienone is 2. The number of nitrogens with one attached hydrogen (secondary N) is 3. The first-order valence-electron chi connectivity index (χ1n) is 7.83. The number of nitrogens with zero attached hydrogens (tertiary/aromatic N) is 1. The van der Waals surface area contributed by atoms with Gasteiger partial charge in [0.15, 0.2) is 5.11 Å². The summed E-state index contributed by atoms with van der Waals surface area (Å²) in [5.41, 5.74) is 1.51. The quantitative estimate of drug-likeness (QED) is 0.408. The van der Waals surface area contributed by atoms with Gasteiger partial charge in [0.2, 0.25) is 0 Å². The number of hydrogen-bond donors (Lipinski definition) is 3. The highest BCUT2D eigenvalue weighted by Crippen LogP contribution is 2.19. The average molecular weight is 382 g/mol. The van der Waals surface area contributed by atoms with Crippen molar-refractivity contribution in [2.45, 2.75) is 6.92 Å². The molecule has 2 aliphatic rings. The van der Waals surface area contributed by atoms with Gasteiger partial charge in [0, 0.05) is 6.20 Å². The zero-order chi connectivity index (χ0) is 19.6. The van der Waals surface area contributed by atoms with Crippen molar-refractivity contribution < 1.29 is 19.2 Å². The number of imide groups is 2. The SMILES string of the molecule is CC(/C=C1/C(=O)NC(=S)N1C=C1C(=O)NC(=O)NC1=O)=C\c1ccccc1. The van der Waals surface area contributed by atoms with Crippen LogP contribution in [0.15, 0.2) is 59.5 Å². The summed E-state index contributed by atoms with van der Waals surface area (Å²) < 4.78 is 0. The molecule has 0 aliphatic carbocycles. The van der Waals surface area contributed by atoms with E-state index in [-0.39, 0.29) is 16.4 Å². The summed E-state index contributed by atoms with van der Waals surface area (Å²) in [4.78, 5) is 48.4. The fourth-order valence-electron chi connectivity index (χ4n) is 2.49.